The van der Waals surface area contributed by atoms with Crippen molar-refractivity contribution in [2.75, 3.05) is 18.9 Å². The topological polar surface area (TPSA) is 133 Å². The number of sulfonamides is 1. The number of hydrogen-bond donors (Lipinski definition) is 2. The maximum Gasteiger partial charge on any atom is 0.387 e. The van der Waals surface area contributed by atoms with Crippen molar-refractivity contribution in [2.45, 2.75) is 11.5 Å². The molecule has 11 nitrogen and oxygen atoms in total. The molecular weight excluding hydrogens is 530 g/mol. The minimum absolute atomic E-state index is 0.104. The number of anilines is 1. The zero-order chi connectivity index (χ0) is 23.8. The van der Waals surface area contributed by atoms with E-state index >= 15 is 0 Å². The number of aromatic amines is 1. The van der Waals surface area contributed by atoms with Gasteiger partial charge in [-0.05, 0) is 28.1 Å². The lowest BCUT2D eigenvalue weighted by atomic mass is 10.2. The van der Waals surface area contributed by atoms with E-state index in [9.17, 15) is 17.2 Å². The Bertz CT molecular complexity index is 1390. The molecule has 0 saturated heterocycles. The normalized spacial score (nSPS) is 11.7. The van der Waals surface area contributed by atoms with Crippen LogP contribution in [0.1, 0.15) is 0 Å². The minimum Gasteiger partial charge on any atom is -0.478 e. The molecule has 0 spiro atoms. The molecule has 0 amide bonds. The van der Waals surface area contributed by atoms with E-state index in [1.165, 1.54) is 6.20 Å². The average Bonchev–Trinajstić information content (AvgIpc) is 3.44. The number of rotatable bonds is 8. The Balaban J connectivity index is 1.77. The summed E-state index contributed by atoms with van der Waals surface area (Å²) in [5, 5.41) is 4.56. The van der Waals surface area contributed by atoms with Gasteiger partial charge in [0.1, 0.15) is 10.6 Å². The van der Waals surface area contributed by atoms with Crippen LogP contribution in [0.4, 0.5) is 14.7 Å². The summed E-state index contributed by atoms with van der Waals surface area (Å²) in [5.41, 5.74) is 1.11. The molecule has 0 bridgehead atoms. The van der Waals surface area contributed by atoms with Gasteiger partial charge in [0, 0.05) is 28.4 Å². The number of hydrogen-bond acceptors (Lipinski definition) is 8. The third kappa shape index (κ3) is 4.28. The number of fused-ring (bicyclic) bond motifs is 1. The summed E-state index contributed by atoms with van der Waals surface area (Å²) in [7, 11) is -1.94. The van der Waals surface area contributed by atoms with E-state index in [0.29, 0.717) is 21.1 Å². The number of benzene rings is 1. The maximum atomic E-state index is 13.1. The summed E-state index contributed by atoms with van der Waals surface area (Å²) >= 11 is 3.45. The smallest absolute Gasteiger partial charge is 0.387 e. The number of nitrogens with zero attached hydrogens (tertiary/aromatic N) is 4. The summed E-state index contributed by atoms with van der Waals surface area (Å²) in [4.78, 5) is 10.5. The summed E-state index contributed by atoms with van der Waals surface area (Å²) in [6.07, 6.45) is 4.60. The van der Waals surface area contributed by atoms with Gasteiger partial charge in [0.2, 0.25) is 11.7 Å². The average molecular weight is 545 g/mol. The molecule has 3 heterocycles. The van der Waals surface area contributed by atoms with Crippen LogP contribution >= 0.6 is 15.9 Å². The van der Waals surface area contributed by atoms with Crippen LogP contribution in [0.5, 0.6) is 17.5 Å². The molecule has 0 aliphatic heterocycles. The molecule has 0 unspecified atom stereocenters. The fourth-order valence-corrected chi connectivity index (χ4v) is 4.71. The first-order chi connectivity index (χ1) is 15.7. The van der Waals surface area contributed by atoms with Crippen LogP contribution in [0.3, 0.4) is 0 Å². The van der Waals surface area contributed by atoms with Gasteiger partial charge in [-0.15, -0.1) is 0 Å². The molecule has 1 aromatic carbocycles. The molecule has 33 heavy (non-hydrogen) atoms. The van der Waals surface area contributed by atoms with Crippen LogP contribution in [0.2, 0.25) is 0 Å². The third-order valence-electron chi connectivity index (χ3n) is 4.39. The first-order valence-corrected chi connectivity index (χ1v) is 11.3. The van der Waals surface area contributed by atoms with Crippen molar-refractivity contribution in [3.05, 3.63) is 41.3 Å². The molecule has 2 N–H and O–H groups in total. The number of methoxy groups -OCH3 is 2. The second-order valence-corrected chi connectivity index (χ2v) is 8.81. The fourth-order valence-electron chi connectivity index (χ4n) is 3.08. The predicted molar refractivity (Wildman–Crippen MR) is 116 cm³/mol. The van der Waals surface area contributed by atoms with Gasteiger partial charge in [-0.1, -0.05) is 6.07 Å². The van der Waals surface area contributed by atoms with Gasteiger partial charge in [0.25, 0.3) is 21.8 Å². The molecule has 0 atom stereocenters. The van der Waals surface area contributed by atoms with Crippen molar-refractivity contribution in [1.82, 2.24) is 24.7 Å². The van der Waals surface area contributed by atoms with Gasteiger partial charge >= 0.3 is 6.61 Å². The highest BCUT2D eigenvalue weighted by Crippen LogP contribution is 2.37. The molecule has 0 aliphatic carbocycles. The number of ether oxygens (including phenoxy) is 3. The van der Waals surface area contributed by atoms with E-state index in [0.717, 1.165) is 14.2 Å². The van der Waals surface area contributed by atoms with Crippen molar-refractivity contribution in [2.24, 2.45) is 0 Å². The molecule has 4 rings (SSSR count). The number of alkyl halides is 2. The van der Waals surface area contributed by atoms with E-state index in [4.69, 9.17) is 9.47 Å². The lowest BCUT2D eigenvalue weighted by Crippen LogP contribution is -2.16. The molecule has 15 heteroatoms. The van der Waals surface area contributed by atoms with E-state index < -0.39 is 40.1 Å². The summed E-state index contributed by atoms with van der Waals surface area (Å²) in [5.74, 6) is -1.92. The first kappa shape index (κ1) is 22.7. The van der Waals surface area contributed by atoms with Crippen LogP contribution in [0.25, 0.3) is 16.6 Å². The van der Waals surface area contributed by atoms with Crippen LogP contribution in [-0.4, -0.2) is 54.0 Å². The van der Waals surface area contributed by atoms with Gasteiger partial charge in [0.15, 0.2) is 0 Å². The van der Waals surface area contributed by atoms with Gasteiger partial charge in [-0.2, -0.15) is 23.8 Å². The van der Waals surface area contributed by atoms with Crippen LogP contribution < -0.4 is 18.9 Å². The summed E-state index contributed by atoms with van der Waals surface area (Å²) in [6, 6.07) is 5.03. The monoisotopic (exact) mass is 544 g/mol. The van der Waals surface area contributed by atoms with Gasteiger partial charge in [-0.25, -0.2) is 17.8 Å². The largest absolute Gasteiger partial charge is 0.478 e. The highest BCUT2D eigenvalue weighted by atomic mass is 79.9. The van der Waals surface area contributed by atoms with Crippen LogP contribution in [0, 0.1) is 0 Å². The lowest BCUT2D eigenvalue weighted by molar-refractivity contribution is -0.0533. The molecular formula is C18H15BrF2N6O5S. The Morgan fingerprint density at radius 2 is 1.88 bits per heavy atom. The van der Waals surface area contributed by atoms with Crippen molar-refractivity contribution >= 4 is 42.8 Å². The third-order valence-corrected chi connectivity index (χ3v) is 6.40. The van der Waals surface area contributed by atoms with E-state index in [1.807, 2.05) is 0 Å². The van der Waals surface area contributed by atoms with E-state index in [2.05, 4.69) is 45.4 Å². The van der Waals surface area contributed by atoms with Gasteiger partial charge in [0.05, 0.1) is 19.7 Å². The number of halogens is 3. The quantitative estimate of drug-likeness (QED) is 0.345. The Morgan fingerprint density at radius 1 is 1.18 bits per heavy atom. The standard InChI is InChI=1S/C18H15BrF2N6O5S/c1-30-15-14(32-17(20)21)16(31-2)25-18(24-15)26-33(28,29)11-8-22-12-9(11)4-5-10(19)13(12)27-7-3-6-23-27/h3-8,17,22H,1-2H3,(H,24,25,26). The highest BCUT2D eigenvalue weighted by Gasteiger charge is 2.26. The molecule has 174 valence electrons. The number of H-pyrrole nitrogens is 1. The molecule has 0 saturated carbocycles. The summed E-state index contributed by atoms with van der Waals surface area (Å²) in [6.45, 7) is -3.20. The zero-order valence-corrected chi connectivity index (χ0v) is 19.3. The second-order valence-electron chi connectivity index (χ2n) is 6.30. The second kappa shape index (κ2) is 8.82. The minimum atomic E-state index is -4.23. The number of aromatic nitrogens is 5. The Labute approximate surface area is 193 Å². The first-order valence-electron chi connectivity index (χ1n) is 9.02. The van der Waals surface area contributed by atoms with E-state index in [1.54, 1.807) is 35.3 Å². The fraction of sp³-hybridized carbons (Fsp3) is 0.167. The lowest BCUT2D eigenvalue weighted by Gasteiger charge is -2.14. The highest BCUT2D eigenvalue weighted by molar-refractivity contribution is 9.10. The predicted octanol–water partition coefficient (Wildman–Crippen LogP) is 3.33. The SMILES string of the molecule is COc1nc(NS(=O)(=O)c2c[nH]c3c(-n4cccn4)c(Br)ccc23)nc(OC)c1OC(F)F. The Hall–Kier alpha value is -3.46. The van der Waals surface area contributed by atoms with Gasteiger partial charge in [-0.3, -0.25) is 0 Å². The molecule has 0 fully saturated rings. The van der Waals surface area contributed by atoms with Crippen LogP contribution in [0.15, 0.2) is 46.2 Å². The van der Waals surface area contributed by atoms with Gasteiger partial charge < -0.3 is 19.2 Å². The maximum absolute atomic E-state index is 13.1. The van der Waals surface area contributed by atoms with Crippen molar-refractivity contribution < 1.29 is 31.4 Å². The molecule has 4 aromatic rings. The molecule has 0 aliphatic rings. The molecule has 0 radical (unpaired) electrons. The van der Waals surface area contributed by atoms with E-state index in [-0.39, 0.29) is 4.90 Å². The molecule has 3 aromatic heterocycles. The van der Waals surface area contributed by atoms with Crippen LogP contribution in [-0.2, 0) is 10.0 Å². The number of nitrogens with one attached hydrogen (secondary N) is 2. The Morgan fingerprint density at radius 3 is 2.45 bits per heavy atom. The van der Waals surface area contributed by atoms with Crippen molar-refractivity contribution in [1.29, 1.82) is 0 Å². The summed E-state index contributed by atoms with van der Waals surface area (Å²) < 4.78 is 70.4. The van der Waals surface area contributed by atoms with Crippen molar-refractivity contribution in [3.8, 4) is 23.2 Å². The Kier molecular flexibility index (Phi) is 6.07. The van der Waals surface area contributed by atoms with Crippen molar-refractivity contribution in [3.63, 3.8) is 0 Å². The zero-order valence-electron chi connectivity index (χ0n) is 16.9.